The number of halogens is 3. The molecule has 0 unspecified atom stereocenters. The first kappa shape index (κ1) is 21.4. The van der Waals surface area contributed by atoms with Crippen LogP contribution in [0.15, 0.2) is 47.5 Å². The van der Waals surface area contributed by atoms with Crippen molar-refractivity contribution in [2.24, 2.45) is 0 Å². The van der Waals surface area contributed by atoms with Gasteiger partial charge in [-0.25, -0.2) is 17.8 Å². The van der Waals surface area contributed by atoms with E-state index >= 15 is 0 Å². The zero-order valence-corrected chi connectivity index (χ0v) is 17.8. The second-order valence-electron chi connectivity index (χ2n) is 5.81. The van der Waals surface area contributed by atoms with Gasteiger partial charge in [-0.2, -0.15) is 0 Å². The Morgan fingerprint density at radius 3 is 2.48 bits per heavy atom. The van der Waals surface area contributed by atoms with Gasteiger partial charge in [-0.1, -0.05) is 40.0 Å². The first-order valence-corrected chi connectivity index (χ1v) is 10.6. The molecule has 0 atom stereocenters. The molecule has 12 heteroatoms. The Bertz CT molecular complexity index is 1160. The van der Waals surface area contributed by atoms with Crippen LogP contribution in [0, 0.1) is 0 Å². The van der Waals surface area contributed by atoms with E-state index in [2.05, 4.69) is 10.3 Å². The van der Waals surface area contributed by atoms with E-state index in [-0.39, 0.29) is 27.9 Å². The number of ether oxygens (including phenoxy) is 1. The van der Waals surface area contributed by atoms with Crippen molar-refractivity contribution in [2.75, 3.05) is 7.11 Å². The van der Waals surface area contributed by atoms with Crippen LogP contribution in [0.1, 0.15) is 16.1 Å². The molecule has 0 fully saturated rings. The Labute approximate surface area is 181 Å². The van der Waals surface area contributed by atoms with E-state index in [1.165, 1.54) is 36.2 Å². The van der Waals surface area contributed by atoms with E-state index in [0.29, 0.717) is 10.0 Å². The summed E-state index contributed by atoms with van der Waals surface area (Å²) in [6, 6.07) is 9.01. The number of hydrogen-bond acceptors (Lipinski definition) is 6. The van der Waals surface area contributed by atoms with Crippen LogP contribution < -0.4 is 9.46 Å². The minimum absolute atomic E-state index is 0.0624. The molecular formula is C17H13Cl3N4O4S. The molecule has 0 aliphatic rings. The summed E-state index contributed by atoms with van der Waals surface area (Å²) in [5, 5.41) is 8.36. The van der Waals surface area contributed by atoms with Crippen molar-refractivity contribution in [1.82, 2.24) is 19.7 Å². The van der Waals surface area contributed by atoms with Crippen LogP contribution in [0.5, 0.6) is 5.75 Å². The van der Waals surface area contributed by atoms with Crippen molar-refractivity contribution >= 4 is 50.7 Å². The molecule has 0 aliphatic carbocycles. The lowest BCUT2D eigenvalue weighted by Gasteiger charge is -2.09. The lowest BCUT2D eigenvalue weighted by atomic mass is 10.2. The Balaban J connectivity index is 1.78. The average Bonchev–Trinajstić information content (AvgIpc) is 3.09. The Hall–Kier alpha value is -2.33. The Kier molecular flexibility index (Phi) is 6.33. The van der Waals surface area contributed by atoms with Gasteiger partial charge in [0.1, 0.15) is 10.6 Å². The van der Waals surface area contributed by atoms with Crippen LogP contribution in [0.3, 0.4) is 0 Å². The zero-order chi connectivity index (χ0) is 21.2. The lowest BCUT2D eigenvalue weighted by molar-refractivity contribution is 0.0976. The first-order valence-electron chi connectivity index (χ1n) is 7.94. The maximum absolute atomic E-state index is 12.5. The van der Waals surface area contributed by atoms with Crippen molar-refractivity contribution < 1.29 is 17.9 Å². The highest BCUT2D eigenvalue weighted by atomic mass is 35.5. The summed E-state index contributed by atoms with van der Waals surface area (Å²) < 4.78 is 33.3. The highest BCUT2D eigenvalue weighted by molar-refractivity contribution is 7.90. The molecule has 3 rings (SSSR count). The van der Waals surface area contributed by atoms with Crippen molar-refractivity contribution in [2.45, 2.75) is 11.4 Å². The molecule has 2 aromatic carbocycles. The van der Waals surface area contributed by atoms with Gasteiger partial charge in [-0.3, -0.25) is 4.79 Å². The molecule has 1 heterocycles. The second kappa shape index (κ2) is 8.58. The fourth-order valence-corrected chi connectivity index (χ4v) is 4.46. The SMILES string of the molecule is COc1ccc(Cl)c(S(=O)(=O)NC(=O)c2cn(Cc3cc(Cl)cc(Cl)c3)nn2)c1. The third-order valence-electron chi connectivity index (χ3n) is 3.69. The van der Waals surface area contributed by atoms with Crippen molar-refractivity contribution in [3.63, 3.8) is 0 Å². The standard InChI is InChI=1S/C17H13Cl3N4O4S/c1-28-13-2-3-14(20)16(7-13)29(26,27)22-17(25)15-9-24(23-21-15)8-10-4-11(18)6-12(19)5-10/h2-7,9H,8H2,1H3,(H,22,25). The molecule has 1 aromatic heterocycles. The molecule has 1 N–H and O–H groups in total. The number of nitrogens with one attached hydrogen (secondary N) is 1. The monoisotopic (exact) mass is 474 g/mol. The van der Waals surface area contributed by atoms with E-state index in [9.17, 15) is 13.2 Å². The number of hydrogen-bond donors (Lipinski definition) is 1. The number of methoxy groups -OCH3 is 1. The summed E-state index contributed by atoms with van der Waals surface area (Å²) in [4.78, 5) is 12.1. The van der Waals surface area contributed by atoms with Gasteiger partial charge in [0.15, 0.2) is 5.69 Å². The molecule has 0 spiro atoms. The van der Waals surface area contributed by atoms with Gasteiger partial charge in [0.25, 0.3) is 15.9 Å². The van der Waals surface area contributed by atoms with Crippen LogP contribution in [0.25, 0.3) is 0 Å². The fraction of sp³-hybridized carbons (Fsp3) is 0.118. The average molecular weight is 476 g/mol. The highest BCUT2D eigenvalue weighted by Crippen LogP contribution is 2.26. The molecule has 0 saturated heterocycles. The number of sulfonamides is 1. The van der Waals surface area contributed by atoms with Gasteiger partial charge in [0.2, 0.25) is 0 Å². The van der Waals surface area contributed by atoms with Gasteiger partial charge < -0.3 is 4.74 Å². The summed E-state index contributed by atoms with van der Waals surface area (Å²) in [5.74, 6) is -0.687. The van der Waals surface area contributed by atoms with Crippen molar-refractivity contribution in [3.8, 4) is 5.75 Å². The number of benzene rings is 2. The Morgan fingerprint density at radius 2 is 1.83 bits per heavy atom. The van der Waals surface area contributed by atoms with Crippen LogP contribution >= 0.6 is 34.8 Å². The molecule has 1 amide bonds. The zero-order valence-electron chi connectivity index (χ0n) is 14.8. The highest BCUT2D eigenvalue weighted by Gasteiger charge is 2.24. The predicted molar refractivity (Wildman–Crippen MR) is 108 cm³/mol. The van der Waals surface area contributed by atoms with E-state index in [1.54, 1.807) is 18.2 Å². The number of aromatic nitrogens is 3. The van der Waals surface area contributed by atoms with Crippen LogP contribution in [0.2, 0.25) is 15.1 Å². The topological polar surface area (TPSA) is 103 Å². The smallest absolute Gasteiger partial charge is 0.287 e. The van der Waals surface area contributed by atoms with Gasteiger partial charge in [-0.05, 0) is 35.9 Å². The van der Waals surface area contributed by atoms with Crippen molar-refractivity contribution in [1.29, 1.82) is 0 Å². The minimum atomic E-state index is -4.26. The third-order valence-corrected chi connectivity index (χ3v) is 5.94. The number of nitrogens with zero attached hydrogens (tertiary/aromatic N) is 3. The summed E-state index contributed by atoms with van der Waals surface area (Å²) in [6.45, 7) is 0.231. The maximum atomic E-state index is 12.5. The molecule has 29 heavy (non-hydrogen) atoms. The number of amides is 1. The normalized spacial score (nSPS) is 11.3. The number of carbonyl (C=O) groups excluding carboxylic acids is 1. The number of rotatable bonds is 6. The summed E-state index contributed by atoms with van der Waals surface area (Å²) >= 11 is 17.9. The summed E-state index contributed by atoms with van der Waals surface area (Å²) in [6.07, 6.45) is 1.30. The minimum Gasteiger partial charge on any atom is -0.497 e. The first-order chi connectivity index (χ1) is 13.7. The fourth-order valence-electron chi connectivity index (χ4n) is 2.41. The predicted octanol–water partition coefficient (Wildman–Crippen LogP) is 3.41. The van der Waals surface area contributed by atoms with E-state index in [1.807, 2.05) is 4.72 Å². The molecule has 3 aromatic rings. The van der Waals surface area contributed by atoms with Crippen LogP contribution in [0.4, 0.5) is 0 Å². The Morgan fingerprint density at radius 1 is 1.14 bits per heavy atom. The molecule has 0 radical (unpaired) electrons. The summed E-state index contributed by atoms with van der Waals surface area (Å²) in [5.41, 5.74) is 0.538. The van der Waals surface area contributed by atoms with Gasteiger partial charge in [-0.15, -0.1) is 5.10 Å². The van der Waals surface area contributed by atoms with Crippen LogP contribution in [-0.4, -0.2) is 36.4 Å². The summed E-state index contributed by atoms with van der Waals surface area (Å²) in [7, 11) is -2.88. The van der Waals surface area contributed by atoms with Gasteiger partial charge in [0, 0.05) is 16.1 Å². The molecule has 0 saturated carbocycles. The molecule has 8 nitrogen and oxygen atoms in total. The van der Waals surface area contributed by atoms with Gasteiger partial charge in [0.05, 0.1) is 24.9 Å². The molecule has 0 aliphatic heterocycles. The maximum Gasteiger partial charge on any atom is 0.287 e. The van der Waals surface area contributed by atoms with E-state index in [4.69, 9.17) is 39.5 Å². The van der Waals surface area contributed by atoms with Crippen molar-refractivity contribution in [3.05, 3.63) is 68.9 Å². The molecule has 152 valence electrons. The quantitative estimate of drug-likeness (QED) is 0.586. The number of carbonyl (C=O) groups is 1. The van der Waals surface area contributed by atoms with Gasteiger partial charge >= 0.3 is 0 Å². The van der Waals surface area contributed by atoms with E-state index in [0.717, 1.165) is 5.56 Å². The third kappa shape index (κ3) is 5.18. The van der Waals surface area contributed by atoms with E-state index < -0.39 is 15.9 Å². The second-order valence-corrected chi connectivity index (χ2v) is 8.74. The molecular weight excluding hydrogens is 463 g/mol. The van der Waals surface area contributed by atoms with Crippen LogP contribution in [-0.2, 0) is 16.6 Å². The largest absolute Gasteiger partial charge is 0.497 e. The molecule has 0 bridgehead atoms. The lowest BCUT2D eigenvalue weighted by Crippen LogP contribution is -2.31.